The number of para-hydroxylation sites is 1. The van der Waals surface area contributed by atoms with Crippen molar-refractivity contribution >= 4 is 17.5 Å². The molecule has 0 bridgehead atoms. The standard InChI is InChI=1S/C18H27N3O2/c1-13-6-5-7-14(2)18(13)19-17(23)12-21-10-8-16(9-11-21)20(4)15(3)22/h5-7,16H,8-12H2,1-4H3,(H,19,23). The molecular formula is C18H27N3O2. The summed E-state index contributed by atoms with van der Waals surface area (Å²) in [7, 11) is 1.86. The van der Waals surface area contributed by atoms with E-state index in [1.165, 1.54) is 0 Å². The zero-order valence-electron chi connectivity index (χ0n) is 14.6. The zero-order valence-corrected chi connectivity index (χ0v) is 14.6. The molecule has 1 fully saturated rings. The Kier molecular flexibility index (Phi) is 5.77. The van der Waals surface area contributed by atoms with Crippen molar-refractivity contribution in [1.29, 1.82) is 0 Å². The fourth-order valence-corrected chi connectivity index (χ4v) is 3.12. The molecule has 1 heterocycles. The zero-order chi connectivity index (χ0) is 17.0. The molecule has 2 rings (SSSR count). The second-order valence-corrected chi connectivity index (χ2v) is 6.45. The molecule has 0 atom stereocenters. The predicted molar refractivity (Wildman–Crippen MR) is 92.5 cm³/mol. The molecule has 126 valence electrons. The van der Waals surface area contributed by atoms with Crippen LogP contribution < -0.4 is 5.32 Å². The van der Waals surface area contributed by atoms with Gasteiger partial charge in [0.05, 0.1) is 6.54 Å². The third-order valence-corrected chi connectivity index (χ3v) is 4.71. The fraction of sp³-hybridized carbons (Fsp3) is 0.556. The number of hydrogen-bond acceptors (Lipinski definition) is 3. The van der Waals surface area contributed by atoms with Gasteiger partial charge in [-0.2, -0.15) is 0 Å². The van der Waals surface area contributed by atoms with E-state index in [-0.39, 0.29) is 11.8 Å². The molecule has 1 aliphatic rings. The maximum atomic E-state index is 12.3. The third-order valence-electron chi connectivity index (χ3n) is 4.71. The van der Waals surface area contributed by atoms with Crippen molar-refractivity contribution in [3.63, 3.8) is 0 Å². The number of anilines is 1. The van der Waals surface area contributed by atoms with E-state index in [4.69, 9.17) is 0 Å². The maximum absolute atomic E-state index is 12.3. The molecule has 5 nitrogen and oxygen atoms in total. The summed E-state index contributed by atoms with van der Waals surface area (Å²) in [6.45, 7) is 7.72. The number of nitrogens with zero attached hydrogens (tertiary/aromatic N) is 2. The lowest BCUT2D eigenvalue weighted by Gasteiger charge is -2.36. The van der Waals surface area contributed by atoms with Crippen molar-refractivity contribution in [2.75, 3.05) is 32.0 Å². The van der Waals surface area contributed by atoms with Crippen LogP contribution in [0.5, 0.6) is 0 Å². The van der Waals surface area contributed by atoms with Crippen LogP contribution in [0.4, 0.5) is 5.69 Å². The molecule has 1 aromatic carbocycles. The van der Waals surface area contributed by atoms with Crippen molar-refractivity contribution in [3.8, 4) is 0 Å². The van der Waals surface area contributed by atoms with Gasteiger partial charge in [0, 0.05) is 38.8 Å². The molecule has 1 N–H and O–H groups in total. The molecule has 5 heteroatoms. The van der Waals surface area contributed by atoms with Gasteiger partial charge in [0.25, 0.3) is 0 Å². The van der Waals surface area contributed by atoms with E-state index in [1.807, 2.05) is 44.0 Å². The van der Waals surface area contributed by atoms with E-state index in [2.05, 4.69) is 10.2 Å². The summed E-state index contributed by atoms with van der Waals surface area (Å²) >= 11 is 0. The Morgan fingerprint density at radius 2 is 1.78 bits per heavy atom. The Morgan fingerprint density at radius 1 is 1.22 bits per heavy atom. The highest BCUT2D eigenvalue weighted by Gasteiger charge is 2.24. The Bertz CT molecular complexity index is 557. The van der Waals surface area contributed by atoms with Gasteiger partial charge in [0.2, 0.25) is 11.8 Å². The normalized spacial score (nSPS) is 16.2. The third kappa shape index (κ3) is 4.55. The van der Waals surface area contributed by atoms with Crippen molar-refractivity contribution in [1.82, 2.24) is 9.80 Å². The number of rotatable bonds is 4. The van der Waals surface area contributed by atoms with Crippen LogP contribution >= 0.6 is 0 Å². The summed E-state index contributed by atoms with van der Waals surface area (Å²) in [6.07, 6.45) is 1.85. The van der Waals surface area contributed by atoms with Crippen molar-refractivity contribution in [3.05, 3.63) is 29.3 Å². The van der Waals surface area contributed by atoms with E-state index in [9.17, 15) is 9.59 Å². The highest BCUT2D eigenvalue weighted by molar-refractivity contribution is 5.93. The van der Waals surface area contributed by atoms with Crippen LogP contribution in [0.2, 0.25) is 0 Å². The second-order valence-electron chi connectivity index (χ2n) is 6.45. The summed E-state index contributed by atoms with van der Waals surface area (Å²) in [5, 5.41) is 3.03. The quantitative estimate of drug-likeness (QED) is 0.926. The molecule has 23 heavy (non-hydrogen) atoms. The number of piperidine rings is 1. The maximum Gasteiger partial charge on any atom is 0.238 e. The van der Waals surface area contributed by atoms with Gasteiger partial charge in [-0.3, -0.25) is 14.5 Å². The van der Waals surface area contributed by atoms with Crippen LogP contribution in [0.1, 0.15) is 30.9 Å². The number of carbonyl (C=O) groups is 2. The average molecular weight is 317 g/mol. The van der Waals surface area contributed by atoms with E-state index in [0.29, 0.717) is 12.6 Å². The molecule has 1 saturated heterocycles. The van der Waals surface area contributed by atoms with E-state index >= 15 is 0 Å². The lowest BCUT2D eigenvalue weighted by molar-refractivity contribution is -0.130. The smallest absolute Gasteiger partial charge is 0.238 e. The molecule has 0 radical (unpaired) electrons. The summed E-state index contributed by atoms with van der Waals surface area (Å²) in [6, 6.07) is 6.30. The highest BCUT2D eigenvalue weighted by atomic mass is 16.2. The van der Waals surface area contributed by atoms with E-state index < -0.39 is 0 Å². The topological polar surface area (TPSA) is 52.7 Å². The Labute approximate surface area is 138 Å². The van der Waals surface area contributed by atoms with Crippen molar-refractivity contribution < 1.29 is 9.59 Å². The molecule has 0 saturated carbocycles. The number of hydrogen-bond donors (Lipinski definition) is 1. The summed E-state index contributed by atoms with van der Waals surface area (Å²) < 4.78 is 0. The molecule has 0 unspecified atom stereocenters. The van der Waals surface area contributed by atoms with Crippen LogP contribution in [0.25, 0.3) is 0 Å². The molecule has 2 amide bonds. The van der Waals surface area contributed by atoms with Crippen LogP contribution in [0.15, 0.2) is 18.2 Å². The Balaban J connectivity index is 1.85. The van der Waals surface area contributed by atoms with Gasteiger partial charge in [-0.1, -0.05) is 18.2 Å². The summed E-state index contributed by atoms with van der Waals surface area (Å²) in [5.74, 6) is 0.136. The van der Waals surface area contributed by atoms with Gasteiger partial charge in [0.1, 0.15) is 0 Å². The van der Waals surface area contributed by atoms with Gasteiger partial charge in [-0.25, -0.2) is 0 Å². The molecule has 1 aromatic rings. The van der Waals surface area contributed by atoms with E-state index in [0.717, 1.165) is 42.7 Å². The van der Waals surface area contributed by atoms with Crippen LogP contribution in [-0.2, 0) is 9.59 Å². The first-order valence-electron chi connectivity index (χ1n) is 8.20. The van der Waals surface area contributed by atoms with Crippen molar-refractivity contribution in [2.24, 2.45) is 0 Å². The lowest BCUT2D eigenvalue weighted by atomic mass is 10.0. The predicted octanol–water partition coefficient (Wildman–Crippen LogP) is 2.18. The number of likely N-dealkylation sites (tertiary alicyclic amines) is 1. The molecule has 1 aliphatic heterocycles. The lowest BCUT2D eigenvalue weighted by Crippen LogP contribution is -2.46. The van der Waals surface area contributed by atoms with Crippen molar-refractivity contribution in [2.45, 2.75) is 39.7 Å². The number of aryl methyl sites for hydroxylation is 2. The first-order chi connectivity index (χ1) is 10.9. The van der Waals surface area contributed by atoms with Gasteiger partial charge in [-0.05, 0) is 37.8 Å². The molecule has 0 aromatic heterocycles. The first-order valence-corrected chi connectivity index (χ1v) is 8.20. The second kappa shape index (κ2) is 7.59. The molecule has 0 spiro atoms. The largest absolute Gasteiger partial charge is 0.343 e. The Morgan fingerprint density at radius 3 is 2.30 bits per heavy atom. The van der Waals surface area contributed by atoms with Crippen LogP contribution in [-0.4, -0.2) is 54.3 Å². The minimum absolute atomic E-state index is 0.0285. The van der Waals surface area contributed by atoms with Gasteiger partial charge < -0.3 is 10.2 Å². The highest BCUT2D eigenvalue weighted by Crippen LogP contribution is 2.20. The number of nitrogens with one attached hydrogen (secondary N) is 1. The monoisotopic (exact) mass is 317 g/mol. The minimum atomic E-state index is 0.0285. The van der Waals surface area contributed by atoms with Gasteiger partial charge in [-0.15, -0.1) is 0 Å². The minimum Gasteiger partial charge on any atom is -0.343 e. The molecular weight excluding hydrogens is 290 g/mol. The fourth-order valence-electron chi connectivity index (χ4n) is 3.12. The summed E-state index contributed by atoms with van der Waals surface area (Å²) in [4.78, 5) is 27.7. The average Bonchev–Trinajstić information content (AvgIpc) is 2.51. The molecule has 0 aliphatic carbocycles. The van der Waals surface area contributed by atoms with Crippen LogP contribution in [0, 0.1) is 13.8 Å². The summed E-state index contributed by atoms with van der Waals surface area (Å²) in [5.41, 5.74) is 3.09. The van der Waals surface area contributed by atoms with E-state index in [1.54, 1.807) is 6.92 Å². The van der Waals surface area contributed by atoms with Crippen LogP contribution in [0.3, 0.4) is 0 Å². The number of amides is 2. The number of carbonyl (C=O) groups excluding carboxylic acids is 2. The number of benzene rings is 1. The van der Waals surface area contributed by atoms with Gasteiger partial charge in [0.15, 0.2) is 0 Å². The first kappa shape index (κ1) is 17.5. The Hall–Kier alpha value is -1.88. The SMILES string of the molecule is CC(=O)N(C)C1CCN(CC(=O)Nc2c(C)cccc2C)CC1. The van der Waals surface area contributed by atoms with Gasteiger partial charge >= 0.3 is 0 Å².